The van der Waals surface area contributed by atoms with Crippen LogP contribution in [0.5, 0.6) is 0 Å². The lowest BCUT2D eigenvalue weighted by Crippen LogP contribution is -1.98. The van der Waals surface area contributed by atoms with Crippen LogP contribution in [-0.4, -0.2) is 0 Å². The molecule has 0 radical (unpaired) electrons. The normalized spacial score (nSPS) is 10.6. The van der Waals surface area contributed by atoms with E-state index >= 15 is 0 Å². The molecule has 3 rings (SSSR count). The molecular formula is C18H11F3. The Balaban J connectivity index is 2.34. The Hall–Kier alpha value is -2.55. The molecule has 0 bridgehead atoms. The fourth-order valence-corrected chi connectivity index (χ4v) is 2.33. The second kappa shape index (κ2) is 5.44. The van der Waals surface area contributed by atoms with E-state index in [1.807, 2.05) is 6.07 Å². The van der Waals surface area contributed by atoms with Crippen molar-refractivity contribution in [2.75, 3.05) is 0 Å². The highest BCUT2D eigenvalue weighted by Gasteiger charge is 2.20. The van der Waals surface area contributed by atoms with Gasteiger partial charge < -0.3 is 0 Å². The summed E-state index contributed by atoms with van der Waals surface area (Å²) in [6.45, 7) is 0. The monoisotopic (exact) mass is 284 g/mol. The maximum absolute atomic E-state index is 14.3. The zero-order valence-corrected chi connectivity index (χ0v) is 11.0. The molecule has 0 aliphatic carbocycles. The lowest BCUT2D eigenvalue weighted by Gasteiger charge is -2.12. The molecule has 0 amide bonds. The molecule has 21 heavy (non-hydrogen) atoms. The van der Waals surface area contributed by atoms with Crippen molar-refractivity contribution < 1.29 is 13.2 Å². The molecule has 3 heteroatoms. The molecule has 0 N–H and O–H groups in total. The predicted molar refractivity (Wildman–Crippen MR) is 77.2 cm³/mol. The summed E-state index contributed by atoms with van der Waals surface area (Å²) in [5, 5.41) is 0. The fourth-order valence-electron chi connectivity index (χ4n) is 2.33. The van der Waals surface area contributed by atoms with Crippen LogP contribution in [0.4, 0.5) is 13.2 Å². The first-order valence-electron chi connectivity index (χ1n) is 6.47. The van der Waals surface area contributed by atoms with E-state index in [1.54, 1.807) is 54.6 Å². The Morgan fingerprint density at radius 3 is 1.67 bits per heavy atom. The number of hydrogen-bond donors (Lipinski definition) is 0. The van der Waals surface area contributed by atoms with E-state index in [0.717, 1.165) is 6.07 Å². The van der Waals surface area contributed by atoms with Crippen LogP contribution in [0.15, 0.2) is 66.7 Å². The standard InChI is InChI=1S/C18H11F3/c19-15-11-14(12-7-3-1-4-8-12)16(18(21)17(15)20)13-9-5-2-6-10-13/h1-11H. The van der Waals surface area contributed by atoms with Crippen LogP contribution < -0.4 is 0 Å². The second-order valence-corrected chi connectivity index (χ2v) is 4.64. The molecule has 0 nitrogen and oxygen atoms in total. The molecule has 0 aliphatic heterocycles. The molecule has 3 aromatic carbocycles. The van der Waals surface area contributed by atoms with Gasteiger partial charge >= 0.3 is 0 Å². The van der Waals surface area contributed by atoms with E-state index in [0.29, 0.717) is 16.7 Å². The van der Waals surface area contributed by atoms with E-state index in [4.69, 9.17) is 0 Å². The molecule has 0 spiro atoms. The van der Waals surface area contributed by atoms with Crippen LogP contribution in [0.3, 0.4) is 0 Å². The van der Waals surface area contributed by atoms with Gasteiger partial charge in [0.25, 0.3) is 0 Å². The molecular weight excluding hydrogens is 273 g/mol. The minimum atomic E-state index is -1.45. The first-order chi connectivity index (χ1) is 10.2. The van der Waals surface area contributed by atoms with Crippen LogP contribution >= 0.6 is 0 Å². The highest BCUT2D eigenvalue weighted by Crippen LogP contribution is 2.36. The van der Waals surface area contributed by atoms with Crippen molar-refractivity contribution in [1.82, 2.24) is 0 Å². The Bertz CT molecular complexity index is 765. The van der Waals surface area contributed by atoms with Gasteiger partial charge in [-0.05, 0) is 22.8 Å². The molecule has 0 atom stereocenters. The Kier molecular flexibility index (Phi) is 3.48. The van der Waals surface area contributed by atoms with E-state index in [1.165, 1.54) is 0 Å². The maximum Gasteiger partial charge on any atom is 0.195 e. The third kappa shape index (κ3) is 2.42. The number of halogens is 3. The largest absolute Gasteiger partial charge is 0.204 e. The van der Waals surface area contributed by atoms with Crippen molar-refractivity contribution >= 4 is 0 Å². The topological polar surface area (TPSA) is 0 Å². The summed E-state index contributed by atoms with van der Waals surface area (Å²) in [5.41, 5.74) is 1.54. The maximum atomic E-state index is 14.3. The van der Waals surface area contributed by atoms with Crippen LogP contribution in [-0.2, 0) is 0 Å². The summed E-state index contributed by atoms with van der Waals surface area (Å²) in [6, 6.07) is 18.4. The molecule has 104 valence electrons. The summed E-state index contributed by atoms with van der Waals surface area (Å²) in [5.74, 6) is -3.81. The number of hydrogen-bond acceptors (Lipinski definition) is 0. The van der Waals surface area contributed by atoms with Crippen LogP contribution in [0, 0.1) is 17.5 Å². The first kappa shape index (κ1) is 13.4. The van der Waals surface area contributed by atoms with Crippen LogP contribution in [0.25, 0.3) is 22.3 Å². The highest BCUT2D eigenvalue weighted by atomic mass is 19.2. The van der Waals surface area contributed by atoms with Gasteiger partial charge in [-0.1, -0.05) is 60.7 Å². The third-order valence-corrected chi connectivity index (χ3v) is 3.31. The van der Waals surface area contributed by atoms with Gasteiger partial charge in [-0.2, -0.15) is 0 Å². The highest BCUT2D eigenvalue weighted by molar-refractivity contribution is 5.84. The fraction of sp³-hybridized carbons (Fsp3) is 0. The van der Waals surface area contributed by atoms with Crippen molar-refractivity contribution in [3.63, 3.8) is 0 Å². The van der Waals surface area contributed by atoms with E-state index in [-0.39, 0.29) is 5.56 Å². The summed E-state index contributed by atoms with van der Waals surface area (Å²) in [6.07, 6.45) is 0. The molecule has 3 aromatic rings. The summed E-state index contributed by atoms with van der Waals surface area (Å²) < 4.78 is 41.5. The third-order valence-electron chi connectivity index (χ3n) is 3.31. The lowest BCUT2D eigenvalue weighted by atomic mass is 9.93. The van der Waals surface area contributed by atoms with E-state index in [9.17, 15) is 13.2 Å². The number of benzene rings is 3. The molecule has 0 aromatic heterocycles. The average Bonchev–Trinajstić information content (AvgIpc) is 2.54. The van der Waals surface area contributed by atoms with Gasteiger partial charge in [-0.15, -0.1) is 0 Å². The van der Waals surface area contributed by atoms with Gasteiger partial charge in [0.1, 0.15) is 0 Å². The minimum absolute atomic E-state index is 0.0701. The van der Waals surface area contributed by atoms with Gasteiger partial charge in [0.15, 0.2) is 17.5 Å². The predicted octanol–water partition coefficient (Wildman–Crippen LogP) is 5.44. The zero-order chi connectivity index (χ0) is 14.8. The average molecular weight is 284 g/mol. The van der Waals surface area contributed by atoms with Crippen molar-refractivity contribution in [2.24, 2.45) is 0 Å². The van der Waals surface area contributed by atoms with Gasteiger partial charge in [0.2, 0.25) is 0 Å². The molecule has 0 saturated carbocycles. The summed E-state index contributed by atoms with van der Waals surface area (Å²) in [4.78, 5) is 0. The SMILES string of the molecule is Fc1cc(-c2ccccc2)c(-c2ccccc2)c(F)c1F. The lowest BCUT2D eigenvalue weighted by molar-refractivity contribution is 0.449. The smallest absolute Gasteiger partial charge is 0.195 e. The van der Waals surface area contributed by atoms with Crippen LogP contribution in [0.2, 0.25) is 0 Å². The summed E-state index contributed by atoms with van der Waals surface area (Å²) >= 11 is 0. The molecule has 0 aliphatic rings. The number of rotatable bonds is 2. The zero-order valence-electron chi connectivity index (χ0n) is 11.0. The van der Waals surface area contributed by atoms with Gasteiger partial charge in [0, 0.05) is 5.56 Å². The minimum Gasteiger partial charge on any atom is -0.204 e. The Labute approximate surface area is 120 Å². The molecule has 0 heterocycles. The molecule has 0 saturated heterocycles. The quantitative estimate of drug-likeness (QED) is 0.550. The van der Waals surface area contributed by atoms with Gasteiger partial charge in [-0.3, -0.25) is 0 Å². The van der Waals surface area contributed by atoms with Gasteiger partial charge in [0.05, 0.1) is 0 Å². The second-order valence-electron chi connectivity index (χ2n) is 4.64. The van der Waals surface area contributed by atoms with Gasteiger partial charge in [-0.25, -0.2) is 13.2 Å². The summed E-state index contributed by atoms with van der Waals surface area (Å²) in [7, 11) is 0. The van der Waals surface area contributed by atoms with Crippen LogP contribution in [0.1, 0.15) is 0 Å². The van der Waals surface area contributed by atoms with Crippen molar-refractivity contribution in [2.45, 2.75) is 0 Å². The first-order valence-corrected chi connectivity index (χ1v) is 6.47. The van der Waals surface area contributed by atoms with E-state index in [2.05, 4.69) is 0 Å². The Morgan fingerprint density at radius 1 is 0.571 bits per heavy atom. The van der Waals surface area contributed by atoms with E-state index < -0.39 is 17.5 Å². The van der Waals surface area contributed by atoms with Crippen molar-refractivity contribution in [3.05, 3.63) is 84.2 Å². The Morgan fingerprint density at radius 2 is 1.10 bits per heavy atom. The van der Waals surface area contributed by atoms with Crippen molar-refractivity contribution in [1.29, 1.82) is 0 Å². The molecule has 0 unspecified atom stereocenters. The van der Waals surface area contributed by atoms with Crippen molar-refractivity contribution in [3.8, 4) is 22.3 Å². The molecule has 0 fully saturated rings.